The molecule has 2 unspecified atom stereocenters. The van der Waals surface area contributed by atoms with Gasteiger partial charge in [-0.3, -0.25) is 10.2 Å². The summed E-state index contributed by atoms with van der Waals surface area (Å²) in [6, 6.07) is 10.4. The van der Waals surface area contributed by atoms with Gasteiger partial charge in [0.1, 0.15) is 5.76 Å². The van der Waals surface area contributed by atoms with Crippen LogP contribution in [0.25, 0.3) is 0 Å². The minimum Gasteiger partial charge on any atom is -0.447 e. The molecular weight excluding hydrogens is 428 g/mol. The molecule has 2 aliphatic heterocycles. The number of amides is 1. The summed E-state index contributed by atoms with van der Waals surface area (Å²) in [5.74, 6) is 0.0509. The normalized spacial score (nSPS) is 22.8. The Bertz CT molecular complexity index is 986. The number of hydrogen-bond acceptors (Lipinski definition) is 6. The number of nitrogens with one attached hydrogen (secondary N) is 3. The van der Waals surface area contributed by atoms with Crippen molar-refractivity contribution < 1.29 is 17.6 Å². The molecule has 8 nitrogen and oxygen atoms in total. The number of hydrogen-bond donors (Lipinski definition) is 3. The Balaban J connectivity index is 1.38. The number of hydrazine groups is 1. The fourth-order valence-electron chi connectivity index (χ4n) is 3.80. The number of benzene rings is 1. The van der Waals surface area contributed by atoms with E-state index >= 15 is 0 Å². The maximum atomic E-state index is 13.0. The molecule has 2 atom stereocenters. The molecule has 0 aliphatic carbocycles. The van der Waals surface area contributed by atoms with Gasteiger partial charge in [0.15, 0.2) is 0 Å². The lowest BCUT2D eigenvalue weighted by molar-refractivity contribution is -0.126. The Kier molecular flexibility index (Phi) is 6.45. The van der Waals surface area contributed by atoms with E-state index in [2.05, 4.69) is 16.2 Å². The Labute approximate surface area is 181 Å². The average molecular weight is 453 g/mol. The third kappa shape index (κ3) is 4.70. The third-order valence-corrected chi connectivity index (χ3v) is 7.50. The lowest BCUT2D eigenvalue weighted by atomic mass is 9.99. The van der Waals surface area contributed by atoms with E-state index < -0.39 is 15.9 Å². The summed E-state index contributed by atoms with van der Waals surface area (Å²) in [6.07, 6.45) is 2.10. The first-order chi connectivity index (χ1) is 14.4. The van der Waals surface area contributed by atoms with Gasteiger partial charge in [0.25, 0.3) is 10.0 Å². The van der Waals surface area contributed by atoms with E-state index in [0.717, 1.165) is 18.5 Å². The molecule has 0 bridgehead atoms. The van der Waals surface area contributed by atoms with Crippen LogP contribution in [0.5, 0.6) is 0 Å². The number of piperidine rings is 1. The van der Waals surface area contributed by atoms with E-state index in [4.69, 9.17) is 16.0 Å². The van der Waals surface area contributed by atoms with Crippen molar-refractivity contribution in [3.05, 3.63) is 52.7 Å². The van der Waals surface area contributed by atoms with Crippen molar-refractivity contribution in [3.63, 3.8) is 0 Å². The second-order valence-corrected chi connectivity index (χ2v) is 9.92. The van der Waals surface area contributed by atoms with E-state index in [1.165, 1.54) is 10.4 Å². The summed E-state index contributed by atoms with van der Waals surface area (Å²) >= 11 is 5.88. The number of rotatable bonds is 6. The van der Waals surface area contributed by atoms with Crippen molar-refractivity contribution in [2.45, 2.75) is 36.9 Å². The molecule has 1 aromatic carbocycles. The van der Waals surface area contributed by atoms with Crippen LogP contribution in [0.2, 0.25) is 5.02 Å². The molecule has 2 fully saturated rings. The maximum absolute atomic E-state index is 13.0. The second kappa shape index (κ2) is 9.07. The molecule has 0 radical (unpaired) electrons. The van der Waals surface area contributed by atoms with Crippen molar-refractivity contribution in [3.8, 4) is 0 Å². The van der Waals surface area contributed by atoms with Crippen LogP contribution >= 0.6 is 11.6 Å². The van der Waals surface area contributed by atoms with Crippen molar-refractivity contribution in [1.82, 2.24) is 20.5 Å². The largest absolute Gasteiger partial charge is 0.447 e. The Morgan fingerprint density at radius 1 is 1.20 bits per heavy atom. The van der Waals surface area contributed by atoms with Crippen LogP contribution in [0.15, 0.2) is 45.9 Å². The molecule has 3 N–H and O–H groups in total. The Morgan fingerprint density at radius 3 is 2.73 bits per heavy atom. The quantitative estimate of drug-likeness (QED) is 0.620. The number of carbonyl (C=O) groups is 1. The van der Waals surface area contributed by atoms with E-state index in [0.29, 0.717) is 36.7 Å². The predicted octanol–water partition coefficient (Wildman–Crippen LogP) is 2.19. The van der Waals surface area contributed by atoms with Gasteiger partial charge in [-0.1, -0.05) is 23.7 Å². The highest BCUT2D eigenvalue weighted by Crippen LogP contribution is 2.28. The molecule has 162 valence electrons. The Morgan fingerprint density at radius 2 is 2.00 bits per heavy atom. The van der Waals surface area contributed by atoms with E-state index in [9.17, 15) is 13.2 Å². The first kappa shape index (κ1) is 21.3. The summed E-state index contributed by atoms with van der Waals surface area (Å²) in [6.45, 7) is 1.70. The minimum absolute atomic E-state index is 0.0401. The predicted molar refractivity (Wildman–Crippen MR) is 112 cm³/mol. The lowest BCUT2D eigenvalue weighted by Gasteiger charge is -2.30. The van der Waals surface area contributed by atoms with Crippen molar-refractivity contribution in [1.29, 1.82) is 0 Å². The van der Waals surface area contributed by atoms with Gasteiger partial charge in [0.05, 0.1) is 12.0 Å². The Hall–Kier alpha value is -1.91. The topological polar surface area (TPSA) is 104 Å². The zero-order chi connectivity index (χ0) is 21.1. The first-order valence-electron chi connectivity index (χ1n) is 10.0. The maximum Gasteiger partial charge on any atom is 0.276 e. The monoisotopic (exact) mass is 452 g/mol. The van der Waals surface area contributed by atoms with Crippen molar-refractivity contribution in [2.24, 2.45) is 5.92 Å². The van der Waals surface area contributed by atoms with Gasteiger partial charge in [-0.05, 0) is 49.1 Å². The SMILES string of the molecule is O=C(NCc1ccc(Cl)cc1)C1CCCN(S(=O)(=O)c2ccc(C3CCNN3)o2)C1. The smallest absolute Gasteiger partial charge is 0.276 e. The van der Waals surface area contributed by atoms with Gasteiger partial charge >= 0.3 is 0 Å². The average Bonchev–Trinajstić information content (AvgIpc) is 3.45. The van der Waals surface area contributed by atoms with Gasteiger partial charge in [-0.25, -0.2) is 13.8 Å². The molecule has 2 aliphatic rings. The molecular formula is C20H25ClN4O4S. The molecule has 1 aromatic heterocycles. The third-order valence-electron chi connectivity index (χ3n) is 5.51. The highest BCUT2D eigenvalue weighted by Gasteiger charge is 2.35. The van der Waals surface area contributed by atoms with Gasteiger partial charge in [-0.2, -0.15) is 4.31 Å². The molecule has 30 heavy (non-hydrogen) atoms. The molecule has 1 amide bonds. The minimum atomic E-state index is -3.79. The fourth-order valence-corrected chi connectivity index (χ4v) is 5.36. The fraction of sp³-hybridized carbons (Fsp3) is 0.450. The molecule has 0 saturated carbocycles. The van der Waals surface area contributed by atoms with Crippen molar-refractivity contribution in [2.75, 3.05) is 19.6 Å². The number of furan rings is 1. The van der Waals surface area contributed by atoms with Crippen LogP contribution in [0.3, 0.4) is 0 Å². The molecule has 2 aromatic rings. The zero-order valence-electron chi connectivity index (χ0n) is 16.4. The summed E-state index contributed by atoms with van der Waals surface area (Å²) in [5.41, 5.74) is 7.00. The molecule has 4 rings (SSSR count). The van der Waals surface area contributed by atoms with Gasteiger partial charge < -0.3 is 9.73 Å². The van der Waals surface area contributed by atoms with Gasteiger partial charge in [0, 0.05) is 31.2 Å². The van der Waals surface area contributed by atoms with Crippen LogP contribution in [0.4, 0.5) is 0 Å². The van der Waals surface area contributed by atoms with Gasteiger partial charge in [0.2, 0.25) is 11.0 Å². The first-order valence-corrected chi connectivity index (χ1v) is 11.9. The van der Waals surface area contributed by atoms with Crippen LogP contribution in [-0.2, 0) is 21.4 Å². The van der Waals surface area contributed by atoms with Crippen LogP contribution in [0.1, 0.15) is 36.6 Å². The van der Waals surface area contributed by atoms with E-state index in [1.54, 1.807) is 18.2 Å². The lowest BCUT2D eigenvalue weighted by Crippen LogP contribution is -2.45. The van der Waals surface area contributed by atoms with Crippen LogP contribution in [0, 0.1) is 5.92 Å². The van der Waals surface area contributed by atoms with E-state index in [1.807, 2.05) is 12.1 Å². The molecule has 10 heteroatoms. The summed E-state index contributed by atoms with van der Waals surface area (Å²) in [5, 5.41) is 3.46. The van der Waals surface area contributed by atoms with Crippen LogP contribution < -0.4 is 16.2 Å². The highest BCUT2D eigenvalue weighted by atomic mass is 35.5. The summed E-state index contributed by atoms with van der Waals surface area (Å²) in [7, 11) is -3.79. The van der Waals surface area contributed by atoms with Crippen LogP contribution in [-0.4, -0.2) is 38.3 Å². The van der Waals surface area contributed by atoms with Crippen molar-refractivity contribution >= 4 is 27.5 Å². The standard InChI is InChI=1S/C20H25ClN4O4S/c21-16-5-3-14(4-6-16)12-22-20(26)15-2-1-11-25(13-15)30(27,28)19-8-7-18(29-19)17-9-10-23-24-17/h3-8,15,17,23-24H,1-2,9-13H2,(H,22,26). The number of sulfonamides is 1. The summed E-state index contributed by atoms with van der Waals surface area (Å²) < 4.78 is 33.1. The molecule has 3 heterocycles. The second-order valence-electron chi connectivity index (χ2n) is 7.62. The molecule has 2 saturated heterocycles. The number of carbonyl (C=O) groups excluding carboxylic acids is 1. The number of halogens is 1. The molecule has 0 spiro atoms. The summed E-state index contributed by atoms with van der Waals surface area (Å²) in [4.78, 5) is 12.6. The van der Waals surface area contributed by atoms with E-state index in [-0.39, 0.29) is 23.6 Å². The zero-order valence-corrected chi connectivity index (χ0v) is 18.0. The highest BCUT2D eigenvalue weighted by molar-refractivity contribution is 7.89. The van der Waals surface area contributed by atoms with Gasteiger partial charge in [-0.15, -0.1) is 0 Å². The number of nitrogens with zero attached hydrogens (tertiary/aromatic N) is 1.